The van der Waals surface area contributed by atoms with Gasteiger partial charge in [-0.1, -0.05) is 82.4 Å². The van der Waals surface area contributed by atoms with Crippen LogP contribution >= 0.6 is 11.8 Å². The molecule has 0 bridgehead atoms. The van der Waals surface area contributed by atoms with Crippen molar-refractivity contribution in [2.75, 3.05) is 6.61 Å². The van der Waals surface area contributed by atoms with Gasteiger partial charge in [-0.2, -0.15) is 0 Å². The third kappa shape index (κ3) is 10.1. The number of amides is 2. The number of rotatable bonds is 17. The Kier molecular flexibility index (Phi) is 11.8. The minimum absolute atomic E-state index is 0.306. The maximum Gasteiger partial charge on any atom is 0.303 e. The molecule has 0 saturated carbocycles. The minimum Gasteiger partial charge on any atom is -0.494 e. The summed E-state index contributed by atoms with van der Waals surface area (Å²) in [6, 6.07) is 12.0. The highest BCUT2D eigenvalue weighted by Crippen LogP contribution is 2.28. The number of thioether (sulfide) groups is 1. The topological polar surface area (TPSA) is 92.7 Å². The van der Waals surface area contributed by atoms with Gasteiger partial charge >= 0.3 is 5.97 Å². The molecule has 0 aliphatic carbocycles. The van der Waals surface area contributed by atoms with Crippen molar-refractivity contribution in [1.82, 2.24) is 5.32 Å². The van der Waals surface area contributed by atoms with E-state index in [1.807, 2.05) is 36.4 Å². The van der Waals surface area contributed by atoms with E-state index in [4.69, 9.17) is 9.84 Å². The number of hydrogen-bond acceptors (Lipinski definition) is 5. The predicted octanol–water partition coefficient (Wildman–Crippen LogP) is 7.70. The Morgan fingerprint density at radius 2 is 1.39 bits per heavy atom. The van der Waals surface area contributed by atoms with Crippen LogP contribution in [0.3, 0.4) is 0 Å². The summed E-state index contributed by atoms with van der Waals surface area (Å²) in [5.41, 5.74) is 0.886. The van der Waals surface area contributed by atoms with Crippen molar-refractivity contribution in [3.8, 4) is 5.75 Å². The number of benzene rings is 2. The Balaban J connectivity index is 1.24. The lowest BCUT2D eigenvalue weighted by Crippen LogP contribution is -2.17. The second-order valence-corrected chi connectivity index (χ2v) is 10.4. The number of carbonyl (C=O) groups excluding carboxylic acids is 2. The smallest absolute Gasteiger partial charge is 0.303 e. The number of hydrogen-bond donors (Lipinski definition) is 2. The number of unbranched alkanes of at least 4 members (excludes halogenated alkanes) is 11. The molecule has 1 heterocycles. The van der Waals surface area contributed by atoms with Gasteiger partial charge in [0, 0.05) is 6.42 Å². The molecule has 0 atom stereocenters. The Morgan fingerprint density at radius 3 is 2.00 bits per heavy atom. The molecule has 0 radical (unpaired) electrons. The molecule has 7 heteroatoms. The zero-order chi connectivity index (χ0) is 25.6. The van der Waals surface area contributed by atoms with Crippen molar-refractivity contribution in [3.63, 3.8) is 0 Å². The third-order valence-corrected chi connectivity index (χ3v) is 7.14. The summed E-state index contributed by atoms with van der Waals surface area (Å²) in [6.45, 7) is 0.720. The van der Waals surface area contributed by atoms with Crippen LogP contribution in [0.4, 0.5) is 4.79 Å². The van der Waals surface area contributed by atoms with Crippen LogP contribution in [0.25, 0.3) is 16.8 Å². The molecular weight excluding hydrogens is 474 g/mol. The summed E-state index contributed by atoms with van der Waals surface area (Å²) >= 11 is 0.927. The molecular formula is C29H37NO5S. The molecule has 2 aromatic carbocycles. The first kappa shape index (κ1) is 27.8. The summed E-state index contributed by atoms with van der Waals surface area (Å²) in [5.74, 6) is -0.155. The Hall–Kier alpha value is -2.80. The molecule has 1 aliphatic heterocycles. The lowest BCUT2D eigenvalue weighted by atomic mass is 10.0. The molecule has 1 saturated heterocycles. The molecule has 194 valence electrons. The van der Waals surface area contributed by atoms with Crippen molar-refractivity contribution in [3.05, 3.63) is 46.9 Å². The Labute approximate surface area is 217 Å². The molecule has 6 nitrogen and oxygen atoms in total. The average Bonchev–Trinajstić information content (AvgIpc) is 3.17. The third-order valence-electron chi connectivity index (χ3n) is 6.33. The number of imide groups is 1. The fourth-order valence-corrected chi connectivity index (χ4v) is 5.01. The average molecular weight is 512 g/mol. The van der Waals surface area contributed by atoms with Gasteiger partial charge in [0.25, 0.3) is 11.1 Å². The number of carbonyl (C=O) groups is 3. The maximum absolute atomic E-state index is 11.7. The van der Waals surface area contributed by atoms with Gasteiger partial charge in [-0.05, 0) is 65.2 Å². The number of ether oxygens (including phenoxy) is 1. The molecule has 36 heavy (non-hydrogen) atoms. The van der Waals surface area contributed by atoms with E-state index in [0.29, 0.717) is 11.3 Å². The molecule has 0 spiro atoms. The van der Waals surface area contributed by atoms with Crippen LogP contribution in [0, 0.1) is 0 Å². The molecule has 0 aromatic heterocycles. The van der Waals surface area contributed by atoms with E-state index in [2.05, 4.69) is 5.32 Å². The van der Waals surface area contributed by atoms with E-state index in [1.54, 1.807) is 6.08 Å². The van der Waals surface area contributed by atoms with Crippen LogP contribution in [0.1, 0.15) is 89.0 Å². The zero-order valence-electron chi connectivity index (χ0n) is 20.9. The minimum atomic E-state index is -0.683. The fraction of sp³-hybridized carbons (Fsp3) is 0.483. The number of aliphatic carboxylic acids is 1. The number of nitrogens with one attached hydrogen (secondary N) is 1. The Bertz CT molecular complexity index is 1060. The lowest BCUT2D eigenvalue weighted by Gasteiger charge is -2.08. The van der Waals surface area contributed by atoms with E-state index in [-0.39, 0.29) is 11.1 Å². The van der Waals surface area contributed by atoms with E-state index >= 15 is 0 Å². The van der Waals surface area contributed by atoms with Crippen LogP contribution in [0.15, 0.2) is 41.3 Å². The van der Waals surface area contributed by atoms with Crippen LogP contribution in [-0.2, 0) is 9.59 Å². The van der Waals surface area contributed by atoms with E-state index in [1.165, 1.54) is 51.4 Å². The van der Waals surface area contributed by atoms with Gasteiger partial charge in [0.2, 0.25) is 0 Å². The van der Waals surface area contributed by atoms with Crippen LogP contribution < -0.4 is 10.1 Å². The normalized spacial score (nSPS) is 14.5. The van der Waals surface area contributed by atoms with E-state index < -0.39 is 5.97 Å². The highest BCUT2D eigenvalue weighted by Gasteiger charge is 2.24. The molecule has 1 fully saturated rings. The van der Waals surface area contributed by atoms with Crippen LogP contribution in [0.2, 0.25) is 0 Å². The van der Waals surface area contributed by atoms with Crippen LogP contribution in [-0.4, -0.2) is 28.8 Å². The molecule has 2 aromatic rings. The zero-order valence-corrected chi connectivity index (χ0v) is 21.7. The Morgan fingerprint density at radius 1 is 0.806 bits per heavy atom. The number of carboxylic acids is 1. The SMILES string of the molecule is O=C(O)CCCCCCCCCCCCCCOc1ccc2cc(/C=C3\SC(=O)NC3=O)ccc2c1. The summed E-state index contributed by atoms with van der Waals surface area (Å²) in [6.07, 6.45) is 16.2. The van der Waals surface area contributed by atoms with Gasteiger partial charge in [0.15, 0.2) is 0 Å². The van der Waals surface area contributed by atoms with Crippen molar-refractivity contribution < 1.29 is 24.2 Å². The molecule has 0 unspecified atom stereocenters. The summed E-state index contributed by atoms with van der Waals surface area (Å²) in [7, 11) is 0. The highest BCUT2D eigenvalue weighted by atomic mass is 32.2. The van der Waals surface area contributed by atoms with Gasteiger partial charge in [0.1, 0.15) is 5.75 Å². The van der Waals surface area contributed by atoms with E-state index in [9.17, 15) is 14.4 Å². The number of fused-ring (bicyclic) bond motifs is 1. The molecule has 3 rings (SSSR count). The second-order valence-electron chi connectivity index (χ2n) is 9.36. The second kappa shape index (κ2) is 15.3. The molecule has 2 amide bonds. The highest BCUT2D eigenvalue weighted by molar-refractivity contribution is 8.18. The van der Waals surface area contributed by atoms with Gasteiger partial charge in [-0.25, -0.2) is 0 Å². The predicted molar refractivity (Wildman–Crippen MR) is 146 cm³/mol. The van der Waals surface area contributed by atoms with Crippen molar-refractivity contribution in [1.29, 1.82) is 0 Å². The summed E-state index contributed by atoms with van der Waals surface area (Å²) < 4.78 is 5.95. The first-order chi connectivity index (χ1) is 17.5. The first-order valence-electron chi connectivity index (χ1n) is 13.1. The largest absolute Gasteiger partial charge is 0.494 e. The summed E-state index contributed by atoms with van der Waals surface area (Å²) in [5, 5.41) is 12.7. The van der Waals surface area contributed by atoms with E-state index in [0.717, 1.165) is 66.1 Å². The standard InChI is InChI=1S/C29H37NO5S/c31-27(32)13-11-9-7-5-3-1-2-4-6-8-10-12-18-35-25-17-16-23-19-22(14-15-24(23)21-25)20-26-28(33)30-29(34)36-26/h14-17,19-21H,1-13,18H2,(H,31,32)(H,30,33,34)/b26-20-. The molecule has 1 aliphatic rings. The van der Waals surface area contributed by atoms with Crippen molar-refractivity contribution in [2.45, 2.75) is 83.5 Å². The van der Waals surface area contributed by atoms with Crippen molar-refractivity contribution in [2.24, 2.45) is 0 Å². The van der Waals surface area contributed by atoms with Gasteiger partial charge < -0.3 is 9.84 Å². The first-order valence-corrected chi connectivity index (χ1v) is 14.0. The monoisotopic (exact) mass is 511 g/mol. The van der Waals surface area contributed by atoms with Gasteiger partial charge in [-0.3, -0.25) is 19.7 Å². The number of carboxylic acid groups (broad SMARTS) is 1. The lowest BCUT2D eigenvalue weighted by molar-refractivity contribution is -0.137. The van der Waals surface area contributed by atoms with Crippen LogP contribution in [0.5, 0.6) is 5.75 Å². The quantitative estimate of drug-likeness (QED) is 0.167. The summed E-state index contributed by atoms with van der Waals surface area (Å²) in [4.78, 5) is 33.9. The fourth-order valence-electron chi connectivity index (χ4n) is 4.33. The van der Waals surface area contributed by atoms with Crippen molar-refractivity contribution >= 4 is 45.7 Å². The van der Waals surface area contributed by atoms with Gasteiger partial charge in [-0.15, -0.1) is 0 Å². The van der Waals surface area contributed by atoms with Gasteiger partial charge in [0.05, 0.1) is 11.5 Å². The molecule has 2 N–H and O–H groups in total. The maximum atomic E-state index is 11.7.